The molecule has 1 aromatic rings. The Balaban J connectivity index is 2.01. The summed E-state index contributed by atoms with van der Waals surface area (Å²) in [6.07, 6.45) is 4.14. The van der Waals surface area contributed by atoms with Crippen molar-refractivity contribution >= 4 is 5.97 Å². The average Bonchev–Trinajstić information content (AvgIpc) is 2.47. The van der Waals surface area contributed by atoms with Crippen LogP contribution >= 0.6 is 0 Å². The number of nitro groups is 1. The van der Waals surface area contributed by atoms with Gasteiger partial charge in [-0.3, -0.25) is 14.9 Å². The summed E-state index contributed by atoms with van der Waals surface area (Å²) < 4.78 is 5.56. The second-order valence-corrected chi connectivity index (χ2v) is 6.05. The fourth-order valence-corrected chi connectivity index (χ4v) is 3.87. The van der Waals surface area contributed by atoms with Crippen LogP contribution in [0, 0.1) is 10.1 Å². The van der Waals surface area contributed by atoms with E-state index in [9.17, 15) is 14.9 Å². The standard InChI is InChI=1S/C16H19NO4/c18-14-11-13(12-7-3-1-4-8-12)15(17(19)20)16(21-14)9-5-2-6-10-16/h1,3-4,7-8,13,15H,2,5-6,9-11H2/t13-,15+/m0/s1. The van der Waals surface area contributed by atoms with Crippen LogP contribution in [0.25, 0.3) is 0 Å². The van der Waals surface area contributed by atoms with Crippen molar-refractivity contribution < 1.29 is 14.5 Å². The van der Waals surface area contributed by atoms with Crippen molar-refractivity contribution in [1.82, 2.24) is 0 Å². The molecule has 1 heterocycles. The smallest absolute Gasteiger partial charge is 0.307 e. The molecule has 112 valence electrons. The third-order valence-electron chi connectivity index (χ3n) is 4.78. The Labute approximate surface area is 123 Å². The molecule has 2 fully saturated rings. The van der Waals surface area contributed by atoms with Crippen molar-refractivity contribution in [2.75, 3.05) is 0 Å². The lowest BCUT2D eigenvalue weighted by molar-refractivity contribution is -0.554. The summed E-state index contributed by atoms with van der Waals surface area (Å²) >= 11 is 0. The highest BCUT2D eigenvalue weighted by Crippen LogP contribution is 2.46. The molecule has 2 atom stereocenters. The Morgan fingerprint density at radius 3 is 2.43 bits per heavy atom. The van der Waals surface area contributed by atoms with Crippen LogP contribution in [0.2, 0.25) is 0 Å². The molecule has 1 spiro atoms. The summed E-state index contributed by atoms with van der Waals surface area (Å²) in [4.78, 5) is 23.5. The van der Waals surface area contributed by atoms with E-state index < -0.39 is 11.6 Å². The maximum Gasteiger partial charge on any atom is 0.307 e. The number of esters is 1. The Bertz CT molecular complexity index is 536. The van der Waals surface area contributed by atoms with E-state index in [-0.39, 0.29) is 23.2 Å². The Hall–Kier alpha value is -1.91. The molecule has 3 rings (SSSR count). The van der Waals surface area contributed by atoms with E-state index in [1.807, 2.05) is 30.3 Å². The summed E-state index contributed by atoms with van der Waals surface area (Å²) in [5, 5.41) is 11.7. The van der Waals surface area contributed by atoms with Crippen molar-refractivity contribution in [2.24, 2.45) is 0 Å². The summed E-state index contributed by atoms with van der Waals surface area (Å²) in [5.41, 5.74) is -0.0433. The number of nitrogens with zero attached hydrogens (tertiary/aromatic N) is 1. The summed E-state index contributed by atoms with van der Waals surface area (Å²) in [5.74, 6) is -0.690. The first kappa shape index (κ1) is 14.0. The van der Waals surface area contributed by atoms with Crippen LogP contribution in [-0.2, 0) is 9.53 Å². The number of carbonyl (C=O) groups is 1. The van der Waals surface area contributed by atoms with Crippen molar-refractivity contribution in [3.05, 3.63) is 46.0 Å². The maximum atomic E-state index is 12.0. The van der Waals surface area contributed by atoms with Crippen LogP contribution in [0.15, 0.2) is 30.3 Å². The van der Waals surface area contributed by atoms with E-state index in [1.54, 1.807) is 0 Å². The predicted octanol–water partition coefficient (Wildman–Crippen LogP) is 3.07. The molecule has 5 heteroatoms. The van der Waals surface area contributed by atoms with Gasteiger partial charge in [-0.1, -0.05) is 36.8 Å². The first-order chi connectivity index (χ1) is 10.1. The predicted molar refractivity (Wildman–Crippen MR) is 76.5 cm³/mol. The van der Waals surface area contributed by atoms with Gasteiger partial charge in [-0.15, -0.1) is 0 Å². The fraction of sp³-hybridized carbons (Fsp3) is 0.562. The molecule has 2 aliphatic rings. The van der Waals surface area contributed by atoms with Gasteiger partial charge in [0.1, 0.15) is 0 Å². The molecule has 0 unspecified atom stereocenters. The molecule has 1 saturated carbocycles. The molecule has 1 saturated heterocycles. The van der Waals surface area contributed by atoms with Crippen LogP contribution in [0.4, 0.5) is 0 Å². The molecule has 21 heavy (non-hydrogen) atoms. The quantitative estimate of drug-likeness (QED) is 0.476. The number of hydrogen-bond acceptors (Lipinski definition) is 4. The van der Waals surface area contributed by atoms with E-state index in [4.69, 9.17) is 4.74 Å². The maximum absolute atomic E-state index is 12.0. The van der Waals surface area contributed by atoms with Gasteiger partial charge in [0, 0.05) is 4.92 Å². The molecular formula is C16H19NO4. The van der Waals surface area contributed by atoms with E-state index in [0.29, 0.717) is 12.8 Å². The number of hydrogen-bond donors (Lipinski definition) is 0. The zero-order valence-corrected chi connectivity index (χ0v) is 11.9. The minimum Gasteiger partial charge on any atom is -0.452 e. The molecule has 5 nitrogen and oxygen atoms in total. The summed E-state index contributed by atoms with van der Waals surface area (Å²) in [7, 11) is 0. The van der Waals surface area contributed by atoms with Gasteiger partial charge in [-0.05, 0) is 31.2 Å². The van der Waals surface area contributed by atoms with Crippen molar-refractivity contribution in [3.8, 4) is 0 Å². The zero-order chi connectivity index (χ0) is 14.9. The number of rotatable bonds is 2. The van der Waals surface area contributed by atoms with Crippen LogP contribution in [-0.4, -0.2) is 22.5 Å². The van der Waals surface area contributed by atoms with E-state index in [0.717, 1.165) is 24.8 Å². The van der Waals surface area contributed by atoms with Gasteiger partial charge in [0.15, 0.2) is 5.60 Å². The van der Waals surface area contributed by atoms with Crippen LogP contribution < -0.4 is 0 Å². The molecule has 0 bridgehead atoms. The zero-order valence-electron chi connectivity index (χ0n) is 11.9. The molecule has 0 aromatic heterocycles. The van der Waals surface area contributed by atoms with Crippen LogP contribution in [0.5, 0.6) is 0 Å². The topological polar surface area (TPSA) is 69.4 Å². The van der Waals surface area contributed by atoms with Gasteiger partial charge >= 0.3 is 5.97 Å². The van der Waals surface area contributed by atoms with Crippen LogP contribution in [0.3, 0.4) is 0 Å². The van der Waals surface area contributed by atoms with Crippen molar-refractivity contribution in [1.29, 1.82) is 0 Å². The first-order valence-corrected chi connectivity index (χ1v) is 7.53. The SMILES string of the molecule is O=C1C[C@@H](c2ccccc2)[C@@H]([N+](=O)[O-])C2(CCCCC2)O1. The van der Waals surface area contributed by atoms with Gasteiger partial charge in [0.25, 0.3) is 6.04 Å². The van der Waals surface area contributed by atoms with Crippen molar-refractivity contribution in [2.45, 2.75) is 56.1 Å². The molecule has 1 aromatic carbocycles. The summed E-state index contributed by atoms with van der Waals surface area (Å²) in [6, 6.07) is 8.51. The molecular weight excluding hydrogens is 270 g/mol. The Kier molecular flexibility index (Phi) is 3.66. The third-order valence-corrected chi connectivity index (χ3v) is 4.78. The molecule has 1 aliphatic heterocycles. The Morgan fingerprint density at radius 1 is 1.14 bits per heavy atom. The van der Waals surface area contributed by atoms with Crippen molar-refractivity contribution in [3.63, 3.8) is 0 Å². The molecule has 0 N–H and O–H groups in total. The molecule has 1 aliphatic carbocycles. The van der Waals surface area contributed by atoms with Gasteiger partial charge in [0.05, 0.1) is 12.3 Å². The number of benzene rings is 1. The third kappa shape index (κ3) is 2.52. The number of carbonyl (C=O) groups excluding carboxylic acids is 1. The Morgan fingerprint density at radius 2 is 1.81 bits per heavy atom. The van der Waals surface area contributed by atoms with E-state index >= 15 is 0 Å². The highest BCUT2D eigenvalue weighted by atomic mass is 16.6. The van der Waals surface area contributed by atoms with E-state index in [2.05, 4.69) is 0 Å². The average molecular weight is 289 g/mol. The summed E-state index contributed by atoms with van der Waals surface area (Å²) in [6.45, 7) is 0. The molecule has 0 amide bonds. The van der Waals surface area contributed by atoms with Crippen LogP contribution in [0.1, 0.15) is 50.0 Å². The lowest BCUT2D eigenvalue weighted by atomic mass is 9.70. The number of ether oxygens (including phenoxy) is 1. The second kappa shape index (κ2) is 5.47. The first-order valence-electron chi connectivity index (χ1n) is 7.53. The highest BCUT2D eigenvalue weighted by molar-refractivity contribution is 5.72. The lowest BCUT2D eigenvalue weighted by Gasteiger charge is -2.44. The monoisotopic (exact) mass is 289 g/mol. The highest BCUT2D eigenvalue weighted by Gasteiger charge is 2.58. The van der Waals surface area contributed by atoms with Gasteiger partial charge in [-0.2, -0.15) is 0 Å². The van der Waals surface area contributed by atoms with Gasteiger partial charge in [0.2, 0.25) is 0 Å². The lowest BCUT2D eigenvalue weighted by Crippen LogP contribution is -2.57. The normalized spacial score (nSPS) is 28.1. The second-order valence-electron chi connectivity index (χ2n) is 6.05. The minimum absolute atomic E-state index is 0.0947. The van der Waals surface area contributed by atoms with E-state index in [1.165, 1.54) is 0 Å². The van der Waals surface area contributed by atoms with Gasteiger partial charge < -0.3 is 4.74 Å². The minimum atomic E-state index is -0.905. The largest absolute Gasteiger partial charge is 0.452 e. The van der Waals surface area contributed by atoms with Gasteiger partial charge in [-0.25, -0.2) is 0 Å². The molecule has 0 radical (unpaired) electrons. The fourth-order valence-electron chi connectivity index (χ4n) is 3.87.